The van der Waals surface area contributed by atoms with Crippen LogP contribution in [0.25, 0.3) is 0 Å². The number of nitrogens with one attached hydrogen (secondary N) is 1. The summed E-state index contributed by atoms with van der Waals surface area (Å²) in [6.07, 6.45) is 38.2. The summed E-state index contributed by atoms with van der Waals surface area (Å²) in [6.45, 7) is 4.23. The number of rotatable bonds is 41. The topological polar surface area (TPSA) is 120 Å². The zero-order valence-electron chi connectivity index (χ0n) is 34.0. The molecule has 0 fully saturated rings. The first kappa shape index (κ1) is 50.8. The molecular weight excluding hydrogens is 677 g/mol. The molecule has 0 amide bonds. The first-order chi connectivity index (χ1) is 25.3. The number of unbranched alkanes of at least 4 members (excludes halogenated alkanes) is 25. The monoisotopic (exact) mass is 760 g/mol. The highest BCUT2D eigenvalue weighted by molar-refractivity contribution is 7.47. The number of likely N-dealkylation sites (N-methyl/N-ethyl adjacent to an activating group) is 1. The summed E-state index contributed by atoms with van der Waals surface area (Å²) in [5, 5.41) is 2.82. The number of phosphoric ester groups is 1. The molecule has 2 unspecified atom stereocenters. The van der Waals surface area contributed by atoms with E-state index < -0.39 is 26.5 Å². The Morgan fingerprint density at radius 3 is 1.44 bits per heavy atom. The lowest BCUT2D eigenvalue weighted by atomic mass is 10.0. The molecule has 0 aromatic rings. The van der Waals surface area contributed by atoms with E-state index in [1.807, 2.05) is 0 Å². The van der Waals surface area contributed by atoms with Crippen LogP contribution in [0.4, 0.5) is 0 Å². The fourth-order valence-electron chi connectivity index (χ4n) is 6.08. The van der Waals surface area contributed by atoms with Gasteiger partial charge >= 0.3 is 19.8 Å². The highest BCUT2D eigenvalue weighted by Gasteiger charge is 2.26. The summed E-state index contributed by atoms with van der Waals surface area (Å²) in [7, 11) is -2.64. The van der Waals surface area contributed by atoms with Crippen molar-refractivity contribution in [3.63, 3.8) is 0 Å². The lowest BCUT2D eigenvalue weighted by Gasteiger charge is -2.20. The van der Waals surface area contributed by atoms with Crippen molar-refractivity contribution >= 4 is 19.8 Å². The van der Waals surface area contributed by atoms with E-state index >= 15 is 0 Å². The quantitative estimate of drug-likeness (QED) is 0.0271. The Kier molecular flexibility index (Phi) is 38.5. The van der Waals surface area contributed by atoms with E-state index in [4.69, 9.17) is 18.5 Å². The van der Waals surface area contributed by atoms with Gasteiger partial charge in [0.1, 0.15) is 6.61 Å². The van der Waals surface area contributed by atoms with E-state index in [0.29, 0.717) is 13.0 Å². The third-order valence-electron chi connectivity index (χ3n) is 9.39. The summed E-state index contributed by atoms with van der Waals surface area (Å²) in [6, 6.07) is 0. The van der Waals surface area contributed by atoms with Gasteiger partial charge < -0.3 is 19.7 Å². The Morgan fingerprint density at radius 2 is 0.981 bits per heavy atom. The van der Waals surface area contributed by atoms with Crippen LogP contribution >= 0.6 is 7.82 Å². The van der Waals surface area contributed by atoms with Crippen molar-refractivity contribution in [3.8, 4) is 0 Å². The molecule has 308 valence electrons. The van der Waals surface area contributed by atoms with Crippen LogP contribution in [0.2, 0.25) is 0 Å². The molecule has 0 aliphatic heterocycles. The maximum atomic E-state index is 12.6. The molecule has 10 heteroatoms. The molecule has 9 nitrogen and oxygen atoms in total. The van der Waals surface area contributed by atoms with E-state index in [0.717, 1.165) is 32.1 Å². The molecule has 2 N–H and O–H groups in total. The zero-order chi connectivity index (χ0) is 38.2. The van der Waals surface area contributed by atoms with E-state index in [2.05, 4.69) is 31.3 Å². The number of carbonyl (C=O) groups excluding carboxylic acids is 2. The Hall–Kier alpha value is -1.25. The molecule has 0 aromatic carbocycles. The van der Waals surface area contributed by atoms with Gasteiger partial charge in [0.25, 0.3) is 0 Å². The minimum atomic E-state index is -4.34. The van der Waals surface area contributed by atoms with Gasteiger partial charge in [0.15, 0.2) is 6.10 Å². The fourth-order valence-corrected chi connectivity index (χ4v) is 6.83. The van der Waals surface area contributed by atoms with Gasteiger partial charge in [-0.3, -0.25) is 18.6 Å². The summed E-state index contributed by atoms with van der Waals surface area (Å²) < 4.78 is 33.2. The molecule has 0 saturated carbocycles. The molecule has 0 bridgehead atoms. The normalized spacial score (nSPS) is 13.4. The SMILES string of the molecule is CCCCCC/C=C\CCCCCCCCCC(=O)OCC(COP(=O)(O)OCCNC)OC(=O)CCCCCCCCCCCCCCCCC. The Bertz CT molecular complexity index is 871. The lowest BCUT2D eigenvalue weighted by molar-refractivity contribution is -0.161. The molecule has 0 spiro atoms. The highest BCUT2D eigenvalue weighted by Crippen LogP contribution is 2.43. The van der Waals surface area contributed by atoms with Crippen LogP contribution in [-0.2, 0) is 32.7 Å². The lowest BCUT2D eigenvalue weighted by Crippen LogP contribution is -2.29. The molecule has 0 rings (SSSR count). The second kappa shape index (κ2) is 39.4. The minimum absolute atomic E-state index is 0.0144. The Morgan fingerprint density at radius 1 is 0.577 bits per heavy atom. The Balaban J connectivity index is 4.20. The molecule has 52 heavy (non-hydrogen) atoms. The van der Waals surface area contributed by atoms with Crippen molar-refractivity contribution in [2.45, 2.75) is 213 Å². The smallest absolute Gasteiger partial charge is 0.462 e. The van der Waals surface area contributed by atoms with Crippen LogP contribution in [0.15, 0.2) is 12.2 Å². The third kappa shape index (κ3) is 38.5. The highest BCUT2D eigenvalue weighted by atomic mass is 31.2. The van der Waals surface area contributed by atoms with Crippen LogP contribution in [-0.4, -0.2) is 56.3 Å². The molecule has 2 atom stereocenters. The van der Waals surface area contributed by atoms with Crippen LogP contribution in [0.3, 0.4) is 0 Å². The van der Waals surface area contributed by atoms with Crippen molar-refractivity contribution in [2.75, 3.05) is 33.4 Å². The van der Waals surface area contributed by atoms with Gasteiger partial charge in [0, 0.05) is 19.4 Å². The van der Waals surface area contributed by atoms with Gasteiger partial charge in [-0.15, -0.1) is 0 Å². The molecule has 0 saturated heterocycles. The van der Waals surface area contributed by atoms with Crippen molar-refractivity contribution in [1.82, 2.24) is 5.32 Å². The number of hydrogen-bond acceptors (Lipinski definition) is 8. The fraction of sp³-hybridized carbons (Fsp3) is 0.905. The van der Waals surface area contributed by atoms with Crippen LogP contribution in [0.5, 0.6) is 0 Å². The summed E-state index contributed by atoms with van der Waals surface area (Å²) >= 11 is 0. The molecular formula is C42H82NO8P. The summed E-state index contributed by atoms with van der Waals surface area (Å²) in [4.78, 5) is 35.0. The number of ether oxygens (including phenoxy) is 2. The molecule has 0 aliphatic carbocycles. The number of allylic oxidation sites excluding steroid dienone is 2. The third-order valence-corrected chi connectivity index (χ3v) is 10.4. The van der Waals surface area contributed by atoms with Crippen LogP contribution in [0, 0.1) is 0 Å². The van der Waals surface area contributed by atoms with E-state index in [1.165, 1.54) is 141 Å². The first-order valence-corrected chi connectivity index (χ1v) is 23.1. The predicted molar refractivity (Wildman–Crippen MR) is 215 cm³/mol. The van der Waals surface area contributed by atoms with Gasteiger partial charge in [0.05, 0.1) is 13.2 Å². The van der Waals surface area contributed by atoms with Crippen LogP contribution in [0.1, 0.15) is 206 Å². The van der Waals surface area contributed by atoms with Crippen molar-refractivity contribution in [2.24, 2.45) is 0 Å². The van der Waals surface area contributed by atoms with E-state index in [-0.39, 0.29) is 32.0 Å². The molecule has 0 aromatic heterocycles. The second-order valence-corrected chi connectivity index (χ2v) is 16.0. The van der Waals surface area contributed by atoms with E-state index in [9.17, 15) is 19.0 Å². The second-order valence-electron chi connectivity index (χ2n) is 14.5. The van der Waals surface area contributed by atoms with E-state index in [1.54, 1.807) is 7.05 Å². The van der Waals surface area contributed by atoms with Gasteiger partial charge in [-0.05, 0) is 45.6 Å². The van der Waals surface area contributed by atoms with Crippen molar-refractivity contribution in [1.29, 1.82) is 0 Å². The summed E-state index contributed by atoms with van der Waals surface area (Å²) in [5.41, 5.74) is 0. The molecule has 0 heterocycles. The molecule has 0 radical (unpaired) electrons. The number of carbonyl (C=O) groups is 2. The van der Waals surface area contributed by atoms with Crippen molar-refractivity contribution < 1.29 is 37.6 Å². The standard InChI is InChI=1S/C42H82NO8P/c1-4-6-8-10-12-14-16-18-20-22-24-26-28-30-32-34-41(44)48-38-40(39-50-52(46,47)49-37-36-43-3)51-42(45)35-33-31-29-27-25-23-21-19-17-15-13-11-9-7-5-2/h14,16,40,43H,4-13,15,17-39H2,1-3H3,(H,46,47)/b16-14-. The predicted octanol–water partition coefficient (Wildman–Crippen LogP) is 12.1. The van der Waals surface area contributed by atoms with Gasteiger partial charge in [-0.2, -0.15) is 0 Å². The average Bonchev–Trinajstić information content (AvgIpc) is 3.12. The van der Waals surface area contributed by atoms with Gasteiger partial charge in [0.2, 0.25) is 0 Å². The largest absolute Gasteiger partial charge is 0.472 e. The first-order valence-electron chi connectivity index (χ1n) is 21.6. The summed E-state index contributed by atoms with van der Waals surface area (Å²) in [5.74, 6) is -0.802. The van der Waals surface area contributed by atoms with Gasteiger partial charge in [-0.25, -0.2) is 4.57 Å². The maximum Gasteiger partial charge on any atom is 0.472 e. The number of phosphoric acid groups is 1. The number of esters is 2. The maximum absolute atomic E-state index is 12.6. The van der Waals surface area contributed by atoms with Crippen LogP contribution < -0.4 is 5.32 Å². The average molecular weight is 760 g/mol. The van der Waals surface area contributed by atoms with Crippen molar-refractivity contribution in [3.05, 3.63) is 12.2 Å². The minimum Gasteiger partial charge on any atom is -0.462 e. The number of hydrogen-bond donors (Lipinski definition) is 2. The Labute approximate surface area is 320 Å². The zero-order valence-corrected chi connectivity index (χ0v) is 34.9. The van der Waals surface area contributed by atoms with Gasteiger partial charge in [-0.1, -0.05) is 167 Å². The molecule has 0 aliphatic rings.